The molecule has 1 heterocycles. The summed E-state index contributed by atoms with van der Waals surface area (Å²) in [4.78, 5) is 2.62. The molecule has 3 fully saturated rings. The standard InChI is InChI=1S/C18H25FN2O/c19-16-3-1-2-14(10-16)15-11-17(12-15)20-13-18(4-5-18)21-6-8-22-9-7-21/h1-3,10,15,17,20H,4-9,11-13H2. The van der Waals surface area contributed by atoms with Crippen molar-refractivity contribution in [2.45, 2.75) is 43.2 Å². The van der Waals surface area contributed by atoms with Gasteiger partial charge in [-0.25, -0.2) is 4.39 Å². The van der Waals surface area contributed by atoms with Gasteiger partial charge in [0.05, 0.1) is 13.2 Å². The summed E-state index contributed by atoms with van der Waals surface area (Å²) in [5.74, 6) is 0.421. The van der Waals surface area contributed by atoms with Gasteiger partial charge in [0.25, 0.3) is 0 Å². The smallest absolute Gasteiger partial charge is 0.123 e. The second-order valence-electron chi connectivity index (χ2n) is 7.12. The van der Waals surface area contributed by atoms with Crippen molar-refractivity contribution in [2.75, 3.05) is 32.8 Å². The molecule has 3 nitrogen and oxygen atoms in total. The summed E-state index contributed by atoms with van der Waals surface area (Å²) in [7, 11) is 0. The zero-order chi connectivity index (χ0) is 15.0. The van der Waals surface area contributed by atoms with Crippen LogP contribution in [0.3, 0.4) is 0 Å². The van der Waals surface area contributed by atoms with Crippen molar-refractivity contribution in [3.8, 4) is 0 Å². The van der Waals surface area contributed by atoms with Gasteiger partial charge in [0.1, 0.15) is 5.82 Å². The number of hydrogen-bond acceptors (Lipinski definition) is 3. The Hall–Kier alpha value is -0.970. The van der Waals surface area contributed by atoms with Crippen LogP contribution in [0.15, 0.2) is 24.3 Å². The molecule has 0 atom stereocenters. The Bertz CT molecular complexity index is 520. The van der Waals surface area contributed by atoms with Gasteiger partial charge in [-0.2, -0.15) is 0 Å². The highest BCUT2D eigenvalue weighted by Crippen LogP contribution is 2.43. The first-order valence-electron chi connectivity index (χ1n) is 8.57. The molecule has 0 spiro atoms. The SMILES string of the molecule is Fc1cccc(C2CC(NCC3(N4CCOCC4)CC3)C2)c1. The minimum atomic E-state index is -0.113. The maximum Gasteiger partial charge on any atom is 0.123 e. The zero-order valence-corrected chi connectivity index (χ0v) is 13.1. The third kappa shape index (κ3) is 2.92. The van der Waals surface area contributed by atoms with Crippen LogP contribution in [0.2, 0.25) is 0 Å². The summed E-state index contributed by atoms with van der Waals surface area (Å²) in [5.41, 5.74) is 1.57. The average Bonchev–Trinajstić information content (AvgIpc) is 3.28. The van der Waals surface area contributed by atoms with Gasteiger partial charge in [-0.1, -0.05) is 12.1 Å². The van der Waals surface area contributed by atoms with Gasteiger partial charge >= 0.3 is 0 Å². The molecule has 0 amide bonds. The predicted octanol–water partition coefficient (Wildman–Crippen LogP) is 2.53. The maximum atomic E-state index is 13.3. The van der Waals surface area contributed by atoms with Crippen LogP contribution in [0, 0.1) is 5.82 Å². The van der Waals surface area contributed by atoms with Crippen LogP contribution in [-0.2, 0) is 4.74 Å². The molecule has 2 saturated carbocycles. The highest BCUT2D eigenvalue weighted by molar-refractivity contribution is 5.24. The minimum Gasteiger partial charge on any atom is -0.379 e. The molecule has 4 heteroatoms. The van der Waals surface area contributed by atoms with Crippen LogP contribution in [0.25, 0.3) is 0 Å². The lowest BCUT2D eigenvalue weighted by molar-refractivity contribution is 0.00824. The molecule has 120 valence electrons. The Labute approximate surface area is 131 Å². The summed E-state index contributed by atoms with van der Waals surface area (Å²) in [5, 5.41) is 3.76. The number of rotatable bonds is 5. The molecule has 1 aromatic carbocycles. The van der Waals surface area contributed by atoms with Gasteiger partial charge in [-0.05, 0) is 49.3 Å². The Balaban J connectivity index is 1.25. The minimum absolute atomic E-state index is 0.113. The Morgan fingerprint density at radius 1 is 1.23 bits per heavy atom. The van der Waals surface area contributed by atoms with E-state index in [0.29, 0.717) is 17.5 Å². The molecule has 22 heavy (non-hydrogen) atoms. The summed E-state index contributed by atoms with van der Waals surface area (Å²) >= 11 is 0. The van der Waals surface area contributed by atoms with Gasteiger partial charge in [0.2, 0.25) is 0 Å². The second kappa shape index (κ2) is 5.91. The normalized spacial score (nSPS) is 30.8. The first kappa shape index (κ1) is 14.6. The molecule has 4 rings (SSSR count). The molecule has 1 N–H and O–H groups in total. The van der Waals surface area contributed by atoms with Crippen molar-refractivity contribution in [1.82, 2.24) is 10.2 Å². The molecule has 3 aliphatic rings. The quantitative estimate of drug-likeness (QED) is 0.905. The van der Waals surface area contributed by atoms with Crippen LogP contribution in [0.1, 0.15) is 37.2 Å². The number of nitrogens with zero attached hydrogens (tertiary/aromatic N) is 1. The Morgan fingerprint density at radius 3 is 2.68 bits per heavy atom. The van der Waals surface area contributed by atoms with Crippen molar-refractivity contribution < 1.29 is 9.13 Å². The van der Waals surface area contributed by atoms with Gasteiger partial charge in [0.15, 0.2) is 0 Å². The molecular formula is C18H25FN2O. The van der Waals surface area contributed by atoms with E-state index in [2.05, 4.69) is 16.3 Å². The third-order valence-corrected chi connectivity index (χ3v) is 5.69. The summed E-state index contributed by atoms with van der Waals surface area (Å²) < 4.78 is 18.7. The zero-order valence-electron chi connectivity index (χ0n) is 13.1. The number of ether oxygens (including phenoxy) is 1. The van der Waals surface area contributed by atoms with Crippen molar-refractivity contribution in [1.29, 1.82) is 0 Å². The summed E-state index contributed by atoms with van der Waals surface area (Å²) in [6.45, 7) is 5.03. The largest absolute Gasteiger partial charge is 0.379 e. The first-order valence-corrected chi connectivity index (χ1v) is 8.57. The van der Waals surface area contributed by atoms with E-state index in [9.17, 15) is 4.39 Å². The Morgan fingerprint density at radius 2 is 2.00 bits per heavy atom. The van der Waals surface area contributed by atoms with Crippen LogP contribution in [-0.4, -0.2) is 49.3 Å². The van der Waals surface area contributed by atoms with Crippen molar-refractivity contribution in [3.63, 3.8) is 0 Å². The molecule has 0 aromatic heterocycles. The van der Waals surface area contributed by atoms with Crippen molar-refractivity contribution in [3.05, 3.63) is 35.6 Å². The van der Waals surface area contributed by atoms with E-state index in [1.54, 1.807) is 6.07 Å². The molecule has 0 unspecified atom stereocenters. The lowest BCUT2D eigenvalue weighted by atomic mass is 9.76. The molecule has 1 aromatic rings. The fourth-order valence-electron chi connectivity index (χ4n) is 3.94. The van der Waals surface area contributed by atoms with Crippen LogP contribution < -0.4 is 5.32 Å². The lowest BCUT2D eigenvalue weighted by Crippen LogP contribution is -2.52. The van der Waals surface area contributed by atoms with Crippen molar-refractivity contribution >= 4 is 0 Å². The number of nitrogens with one attached hydrogen (secondary N) is 1. The average molecular weight is 304 g/mol. The van der Waals surface area contributed by atoms with Crippen LogP contribution in [0.4, 0.5) is 4.39 Å². The predicted molar refractivity (Wildman–Crippen MR) is 84.5 cm³/mol. The summed E-state index contributed by atoms with van der Waals surface area (Å²) in [6, 6.07) is 7.70. The highest BCUT2D eigenvalue weighted by Gasteiger charge is 2.48. The molecular weight excluding hydrogens is 279 g/mol. The Kier molecular flexibility index (Phi) is 3.93. The summed E-state index contributed by atoms with van der Waals surface area (Å²) in [6.07, 6.45) is 4.92. The monoisotopic (exact) mass is 304 g/mol. The fourth-order valence-corrected chi connectivity index (χ4v) is 3.94. The molecule has 0 radical (unpaired) electrons. The van der Waals surface area contributed by atoms with E-state index in [1.165, 1.54) is 18.9 Å². The van der Waals surface area contributed by atoms with E-state index in [4.69, 9.17) is 4.74 Å². The van der Waals surface area contributed by atoms with E-state index in [-0.39, 0.29) is 5.82 Å². The highest BCUT2D eigenvalue weighted by atomic mass is 19.1. The number of benzene rings is 1. The third-order valence-electron chi connectivity index (χ3n) is 5.69. The first-order chi connectivity index (χ1) is 10.8. The maximum absolute atomic E-state index is 13.3. The number of halogens is 1. The van der Waals surface area contributed by atoms with Gasteiger partial charge < -0.3 is 10.1 Å². The van der Waals surface area contributed by atoms with Crippen molar-refractivity contribution in [2.24, 2.45) is 0 Å². The van der Waals surface area contributed by atoms with Gasteiger partial charge in [0, 0.05) is 31.2 Å². The number of morpholine rings is 1. The van der Waals surface area contributed by atoms with Gasteiger partial charge in [-0.15, -0.1) is 0 Å². The van der Waals surface area contributed by atoms with E-state index in [0.717, 1.165) is 51.3 Å². The number of hydrogen-bond donors (Lipinski definition) is 1. The topological polar surface area (TPSA) is 24.5 Å². The van der Waals surface area contributed by atoms with Crippen LogP contribution in [0.5, 0.6) is 0 Å². The van der Waals surface area contributed by atoms with E-state index >= 15 is 0 Å². The van der Waals surface area contributed by atoms with Crippen LogP contribution >= 0.6 is 0 Å². The lowest BCUT2D eigenvalue weighted by Gasteiger charge is -2.40. The second-order valence-corrected chi connectivity index (χ2v) is 7.12. The van der Waals surface area contributed by atoms with E-state index in [1.807, 2.05) is 6.07 Å². The van der Waals surface area contributed by atoms with E-state index < -0.39 is 0 Å². The molecule has 1 saturated heterocycles. The fraction of sp³-hybridized carbons (Fsp3) is 0.667. The molecule has 2 aliphatic carbocycles. The van der Waals surface area contributed by atoms with Gasteiger partial charge in [-0.3, -0.25) is 4.90 Å². The molecule has 0 bridgehead atoms. The molecule has 1 aliphatic heterocycles.